The molecule has 0 saturated carbocycles. The number of aliphatic carboxylic acids is 1. The molecule has 0 heterocycles. The Hall–Kier alpha value is -4.57. The van der Waals surface area contributed by atoms with Crippen molar-refractivity contribution in [1.29, 1.82) is 0 Å². The van der Waals surface area contributed by atoms with Crippen LogP contribution >= 0.6 is 0 Å². The van der Waals surface area contributed by atoms with Crippen LogP contribution in [0.15, 0.2) is 134 Å². The first-order valence-corrected chi connectivity index (χ1v) is 34.3. The van der Waals surface area contributed by atoms with Gasteiger partial charge in [-0.2, -0.15) is 0 Å². The Morgan fingerprint density at radius 1 is 0.353 bits per heavy atom. The highest BCUT2D eigenvalue weighted by molar-refractivity contribution is 5.70. The minimum absolute atomic E-state index is 0.135. The lowest BCUT2D eigenvalue weighted by Crippen LogP contribution is -2.44. The summed E-state index contributed by atoms with van der Waals surface area (Å²) < 4.78 is 22.7. The number of esters is 2. The van der Waals surface area contributed by atoms with Gasteiger partial charge in [0.05, 0.1) is 40.3 Å². The van der Waals surface area contributed by atoms with Crippen molar-refractivity contribution in [2.45, 2.75) is 283 Å². The second kappa shape index (κ2) is 65.4. The molecule has 9 nitrogen and oxygen atoms in total. The van der Waals surface area contributed by atoms with Crippen LogP contribution in [0, 0.1) is 0 Å². The van der Waals surface area contributed by atoms with E-state index in [1.807, 2.05) is 21.1 Å². The molecule has 484 valence electrons. The molecule has 0 radical (unpaired) electrons. The average Bonchev–Trinajstić information content (AvgIpc) is 3.49. The summed E-state index contributed by atoms with van der Waals surface area (Å²) in [5.74, 6) is -2.33. The van der Waals surface area contributed by atoms with Crippen molar-refractivity contribution in [2.24, 2.45) is 0 Å². The van der Waals surface area contributed by atoms with E-state index in [1.54, 1.807) is 0 Å². The Balaban J connectivity index is 4.14. The van der Waals surface area contributed by atoms with Gasteiger partial charge in [-0.15, -0.1) is 0 Å². The summed E-state index contributed by atoms with van der Waals surface area (Å²) in [6.07, 6.45) is 91.1. The van der Waals surface area contributed by atoms with Gasteiger partial charge in [0.25, 0.3) is 0 Å². The third kappa shape index (κ3) is 66.8. The molecule has 9 heteroatoms. The largest absolute Gasteiger partial charge is 0.545 e. The number of ether oxygens (including phenoxy) is 4. The fourth-order valence-corrected chi connectivity index (χ4v) is 9.22. The predicted molar refractivity (Wildman–Crippen MR) is 361 cm³/mol. The van der Waals surface area contributed by atoms with Gasteiger partial charge in [-0.25, -0.2) is 0 Å². The van der Waals surface area contributed by atoms with Crippen molar-refractivity contribution in [3.63, 3.8) is 0 Å². The molecule has 0 aliphatic heterocycles. The fraction of sp³-hybridized carbons (Fsp3) is 0.671. The molecule has 0 aromatic heterocycles. The second-order valence-electron chi connectivity index (χ2n) is 23.7. The van der Waals surface area contributed by atoms with E-state index in [2.05, 4.69) is 148 Å². The van der Waals surface area contributed by atoms with Gasteiger partial charge in [-0.05, 0) is 109 Å². The molecule has 2 unspecified atom stereocenters. The minimum atomic E-state index is -1.64. The standard InChI is InChI=1S/C76H127NO8/c1-6-8-10-12-14-16-18-20-22-24-26-28-30-32-33-34-35-36-37-38-39-40-41-43-44-46-48-50-52-54-56-58-60-62-64-66-73(78)83-70-72(71-84-76(75(80)81)82-69-68-77(3,4)5)85-74(79)67-65-63-61-59-57-55-53-51-49-47-45-42-31-29-27-25-23-21-19-17-15-13-11-9-7-2/h8-11,14-17,20-23,26-29,42,45,49,51,55,57,72,76H,6-7,12-13,18-19,24-25,30-41,43-44,46-48,50,52-54,56,58-71H2,1-5H3/b10-8-,11-9-,16-14-,17-15-,22-20-,23-21-,28-26-,29-27-,45-42-,51-49-,57-55-. The third-order valence-electron chi connectivity index (χ3n) is 14.4. The molecule has 0 aromatic carbocycles. The molecule has 0 fully saturated rings. The van der Waals surface area contributed by atoms with Crippen LogP contribution in [0.5, 0.6) is 0 Å². The van der Waals surface area contributed by atoms with Gasteiger partial charge in [0.1, 0.15) is 13.2 Å². The average molecular weight is 1180 g/mol. The molecule has 85 heavy (non-hydrogen) atoms. The van der Waals surface area contributed by atoms with Crippen LogP contribution in [0.2, 0.25) is 0 Å². The molecule has 0 aliphatic rings. The van der Waals surface area contributed by atoms with Crippen molar-refractivity contribution in [3.05, 3.63) is 134 Å². The first kappa shape index (κ1) is 80.4. The van der Waals surface area contributed by atoms with Gasteiger partial charge < -0.3 is 33.3 Å². The number of rotatable bonds is 62. The smallest absolute Gasteiger partial charge is 0.306 e. The van der Waals surface area contributed by atoms with Crippen LogP contribution < -0.4 is 5.11 Å². The Bertz CT molecular complexity index is 1860. The summed E-state index contributed by atoms with van der Waals surface area (Å²) in [5, 5.41) is 11.8. The lowest BCUT2D eigenvalue weighted by molar-refractivity contribution is -0.870. The maximum absolute atomic E-state index is 12.9. The number of likely N-dealkylation sites (N-methyl/N-ethyl adjacent to an activating group) is 1. The van der Waals surface area contributed by atoms with Crippen molar-refractivity contribution < 1.29 is 42.9 Å². The van der Waals surface area contributed by atoms with E-state index < -0.39 is 24.3 Å². The zero-order valence-corrected chi connectivity index (χ0v) is 55.2. The molecule has 0 bridgehead atoms. The molecule has 0 rings (SSSR count). The first-order chi connectivity index (χ1) is 41.6. The van der Waals surface area contributed by atoms with Gasteiger partial charge >= 0.3 is 11.9 Å². The van der Waals surface area contributed by atoms with Crippen LogP contribution in [0.25, 0.3) is 0 Å². The van der Waals surface area contributed by atoms with Crippen molar-refractivity contribution in [3.8, 4) is 0 Å². The van der Waals surface area contributed by atoms with Crippen molar-refractivity contribution in [2.75, 3.05) is 47.5 Å². The summed E-state index contributed by atoms with van der Waals surface area (Å²) in [7, 11) is 5.91. The quantitative estimate of drug-likeness (QED) is 0.0195. The summed E-state index contributed by atoms with van der Waals surface area (Å²) >= 11 is 0. The second-order valence-corrected chi connectivity index (χ2v) is 23.7. The molecule has 2 atom stereocenters. The van der Waals surface area contributed by atoms with Crippen LogP contribution in [0.1, 0.15) is 271 Å². The third-order valence-corrected chi connectivity index (χ3v) is 14.4. The highest BCUT2D eigenvalue weighted by Gasteiger charge is 2.22. The molecule has 0 aliphatic carbocycles. The van der Waals surface area contributed by atoms with E-state index in [0.29, 0.717) is 17.4 Å². The van der Waals surface area contributed by atoms with Crippen LogP contribution in [-0.2, 0) is 33.3 Å². The summed E-state index contributed by atoms with van der Waals surface area (Å²) in [5.41, 5.74) is 0. The number of unbranched alkanes of at least 4 members (excludes halogenated alkanes) is 25. The number of carbonyl (C=O) groups is 3. The first-order valence-electron chi connectivity index (χ1n) is 34.3. The van der Waals surface area contributed by atoms with Gasteiger partial charge in [-0.3, -0.25) is 9.59 Å². The normalized spacial score (nSPS) is 13.6. The Morgan fingerprint density at radius 3 is 0.953 bits per heavy atom. The van der Waals surface area contributed by atoms with Crippen LogP contribution in [-0.4, -0.2) is 82.3 Å². The van der Waals surface area contributed by atoms with Crippen molar-refractivity contribution in [1.82, 2.24) is 0 Å². The molecular formula is C76H127NO8. The lowest BCUT2D eigenvalue weighted by Gasteiger charge is -2.26. The number of carboxylic acid groups (broad SMARTS) is 1. The van der Waals surface area contributed by atoms with Gasteiger partial charge in [0, 0.05) is 12.8 Å². The predicted octanol–water partition coefficient (Wildman–Crippen LogP) is 20.0. The molecule has 0 amide bonds. The summed E-state index contributed by atoms with van der Waals surface area (Å²) in [6.45, 7) is 4.49. The van der Waals surface area contributed by atoms with Crippen LogP contribution in [0.4, 0.5) is 0 Å². The number of allylic oxidation sites excluding steroid dienone is 22. The zero-order valence-electron chi connectivity index (χ0n) is 55.2. The van der Waals surface area contributed by atoms with E-state index in [9.17, 15) is 19.5 Å². The fourth-order valence-electron chi connectivity index (χ4n) is 9.22. The zero-order chi connectivity index (χ0) is 61.9. The minimum Gasteiger partial charge on any atom is -0.545 e. The number of carboxylic acids is 1. The number of hydrogen-bond acceptors (Lipinski definition) is 8. The molecule has 0 N–H and O–H groups in total. The Labute approximate surface area is 522 Å². The van der Waals surface area contributed by atoms with E-state index in [4.69, 9.17) is 18.9 Å². The maximum atomic E-state index is 12.9. The molecule has 0 saturated heterocycles. The Kier molecular flexibility index (Phi) is 61.9. The topological polar surface area (TPSA) is 111 Å². The maximum Gasteiger partial charge on any atom is 0.306 e. The highest BCUT2D eigenvalue weighted by Crippen LogP contribution is 2.17. The van der Waals surface area contributed by atoms with Crippen LogP contribution in [0.3, 0.4) is 0 Å². The van der Waals surface area contributed by atoms with E-state index in [-0.39, 0.29) is 38.6 Å². The monoisotopic (exact) mass is 1180 g/mol. The van der Waals surface area contributed by atoms with Crippen molar-refractivity contribution >= 4 is 17.9 Å². The van der Waals surface area contributed by atoms with E-state index in [1.165, 1.54) is 128 Å². The summed E-state index contributed by atoms with van der Waals surface area (Å²) in [4.78, 5) is 37.4. The Morgan fingerprint density at radius 2 is 0.635 bits per heavy atom. The van der Waals surface area contributed by atoms with E-state index in [0.717, 1.165) is 109 Å². The molecule has 0 spiro atoms. The number of carbonyl (C=O) groups excluding carboxylic acids is 3. The highest BCUT2D eigenvalue weighted by atomic mass is 16.7. The number of hydrogen-bond donors (Lipinski definition) is 0. The number of quaternary nitrogens is 1. The molecule has 0 aromatic rings. The number of nitrogens with zero attached hydrogens (tertiary/aromatic N) is 1. The van der Waals surface area contributed by atoms with Gasteiger partial charge in [0.2, 0.25) is 0 Å². The molecular weight excluding hydrogens is 1050 g/mol. The summed E-state index contributed by atoms with van der Waals surface area (Å²) in [6, 6.07) is 0. The van der Waals surface area contributed by atoms with Gasteiger partial charge in [0.15, 0.2) is 12.4 Å². The van der Waals surface area contributed by atoms with E-state index >= 15 is 0 Å². The van der Waals surface area contributed by atoms with Gasteiger partial charge in [-0.1, -0.05) is 282 Å². The SMILES string of the molecule is CC/C=C\C/C=C\C/C=C\C/C=C\C/C=C\C/C=C\C/C=C\CCCCCC(=O)OC(COC(=O)CCCCCCCCCCCCCCCCCCCCCCCC/C=C\C/C=C\C/C=C\C/C=C\CC)COC(OCC[N+](C)(C)C)C(=O)[O-]. The lowest BCUT2D eigenvalue weighted by atomic mass is 10.0.